The molecule has 8 heavy (non-hydrogen) atoms. The van der Waals surface area contributed by atoms with Crippen LogP contribution >= 0.6 is 0 Å². The van der Waals surface area contributed by atoms with Crippen LogP contribution < -0.4 is 5.32 Å². The molecule has 1 aliphatic carbocycles. The Bertz CT molecular complexity index is 28.3. The molecule has 0 aromatic heterocycles. The summed E-state index contributed by atoms with van der Waals surface area (Å²) in [5.41, 5.74) is 0. The van der Waals surface area contributed by atoms with Crippen molar-refractivity contribution in [1.82, 2.24) is 5.32 Å². The lowest BCUT2D eigenvalue weighted by Gasteiger charge is -2.09. The van der Waals surface area contributed by atoms with Gasteiger partial charge in [0.05, 0.1) is 0 Å². The van der Waals surface area contributed by atoms with Gasteiger partial charge in [0.25, 0.3) is 0 Å². The smallest absolute Gasteiger partial charge is 0.00368 e. The van der Waals surface area contributed by atoms with Gasteiger partial charge in [0.15, 0.2) is 0 Å². The number of rotatable bonds is 0. The van der Waals surface area contributed by atoms with E-state index in [0.29, 0.717) is 0 Å². The van der Waals surface area contributed by atoms with Crippen LogP contribution in [0, 0.1) is 0 Å². The first kappa shape index (κ1) is 6.09. The molecule has 1 aliphatic heterocycles. The second kappa shape index (κ2) is 3.90. The maximum Gasteiger partial charge on any atom is -0.00368 e. The van der Waals surface area contributed by atoms with Gasteiger partial charge in [0.1, 0.15) is 0 Å². The molecule has 0 aromatic rings. The zero-order valence-corrected chi connectivity index (χ0v) is 5.45. The lowest BCUT2D eigenvalue weighted by atomic mass is 10.0. The van der Waals surface area contributed by atoms with Gasteiger partial charge in [-0.2, -0.15) is 0 Å². The summed E-state index contributed by atoms with van der Waals surface area (Å²) < 4.78 is 0. The Morgan fingerprint density at radius 2 is 0.875 bits per heavy atom. The first-order valence-electron chi connectivity index (χ1n) is 3.71. The van der Waals surface area contributed by atoms with Crippen molar-refractivity contribution >= 4 is 0 Å². The third kappa shape index (κ3) is 2.31. The number of hydrogen-bond donors (Lipinski definition) is 1. The van der Waals surface area contributed by atoms with E-state index in [9.17, 15) is 0 Å². The molecular formula is C7H15N. The molecule has 0 unspecified atom stereocenters. The van der Waals surface area contributed by atoms with Crippen LogP contribution in [0.15, 0.2) is 0 Å². The van der Waals surface area contributed by atoms with Crippen LogP contribution in [0.2, 0.25) is 0 Å². The molecule has 2 fully saturated rings. The van der Waals surface area contributed by atoms with E-state index >= 15 is 0 Å². The highest BCUT2D eigenvalue weighted by molar-refractivity contribution is 4.56. The monoisotopic (exact) mass is 113 g/mol. The molecule has 0 atom stereocenters. The average molecular weight is 113 g/mol. The van der Waals surface area contributed by atoms with Crippen LogP contribution in [0.25, 0.3) is 0 Å². The fourth-order valence-electron chi connectivity index (χ4n) is 0.427. The summed E-state index contributed by atoms with van der Waals surface area (Å²) in [4.78, 5) is 0. The molecule has 2 rings (SSSR count). The van der Waals surface area contributed by atoms with Gasteiger partial charge < -0.3 is 5.32 Å². The van der Waals surface area contributed by atoms with E-state index in [4.69, 9.17) is 0 Å². The standard InChI is InChI=1S/C4H8.C3H7N/c2*1-2-4-3-1/h1-4H2;4H,1-3H2. The first-order valence-corrected chi connectivity index (χ1v) is 3.71. The first-order chi connectivity index (χ1) is 4.00. The van der Waals surface area contributed by atoms with Crippen molar-refractivity contribution in [2.45, 2.75) is 32.1 Å². The van der Waals surface area contributed by atoms with Crippen molar-refractivity contribution in [3.63, 3.8) is 0 Å². The molecular weight excluding hydrogens is 98.1 g/mol. The predicted octanol–water partition coefficient (Wildman–Crippen LogP) is 1.54. The van der Waals surface area contributed by atoms with Crippen molar-refractivity contribution < 1.29 is 0 Å². The fourth-order valence-corrected chi connectivity index (χ4v) is 0.427. The SMILES string of the molecule is C1CCC1.C1CNC1. The van der Waals surface area contributed by atoms with E-state index in [-0.39, 0.29) is 0 Å². The van der Waals surface area contributed by atoms with Gasteiger partial charge >= 0.3 is 0 Å². The molecule has 48 valence electrons. The highest BCUT2D eigenvalue weighted by Crippen LogP contribution is 2.15. The zero-order valence-electron chi connectivity index (χ0n) is 5.45. The van der Waals surface area contributed by atoms with E-state index in [1.54, 1.807) is 0 Å². The summed E-state index contributed by atoms with van der Waals surface area (Å²) in [7, 11) is 0. The largest absolute Gasteiger partial charge is 0.317 e. The van der Waals surface area contributed by atoms with Crippen molar-refractivity contribution in [3.8, 4) is 0 Å². The molecule has 1 nitrogen and oxygen atoms in total. The third-order valence-corrected chi connectivity index (χ3v) is 1.71. The van der Waals surface area contributed by atoms with Crippen molar-refractivity contribution in [3.05, 3.63) is 0 Å². The lowest BCUT2D eigenvalue weighted by molar-refractivity contribution is 0.504. The van der Waals surface area contributed by atoms with Crippen LogP contribution in [0.3, 0.4) is 0 Å². The Labute approximate surface area is 51.5 Å². The number of nitrogens with one attached hydrogen (secondary N) is 1. The van der Waals surface area contributed by atoms with Gasteiger partial charge in [0.2, 0.25) is 0 Å². The fraction of sp³-hybridized carbons (Fsp3) is 1.00. The van der Waals surface area contributed by atoms with Gasteiger partial charge in [-0.15, -0.1) is 0 Å². The Balaban J connectivity index is 0.0000000800. The van der Waals surface area contributed by atoms with Crippen LogP contribution in [0.5, 0.6) is 0 Å². The van der Waals surface area contributed by atoms with Crippen LogP contribution in [-0.2, 0) is 0 Å². The maximum absolute atomic E-state index is 3.11. The van der Waals surface area contributed by atoms with E-state index in [1.165, 1.54) is 45.2 Å². The van der Waals surface area contributed by atoms with Crippen molar-refractivity contribution in [2.75, 3.05) is 13.1 Å². The van der Waals surface area contributed by atoms with E-state index in [1.807, 2.05) is 0 Å². The molecule has 0 spiro atoms. The summed E-state index contributed by atoms with van der Waals surface area (Å²) in [6.07, 6.45) is 7.39. The summed E-state index contributed by atoms with van der Waals surface area (Å²) in [6.45, 7) is 2.50. The number of hydrogen-bond acceptors (Lipinski definition) is 1. The lowest BCUT2D eigenvalue weighted by Crippen LogP contribution is -2.29. The summed E-state index contributed by atoms with van der Waals surface area (Å²) in [6, 6.07) is 0. The molecule has 1 heterocycles. The molecule has 0 amide bonds. The second-order valence-corrected chi connectivity index (χ2v) is 2.52. The average Bonchev–Trinajstić information content (AvgIpc) is 1.12. The van der Waals surface area contributed by atoms with E-state index < -0.39 is 0 Å². The molecule has 0 radical (unpaired) electrons. The molecule has 1 saturated heterocycles. The van der Waals surface area contributed by atoms with Gasteiger partial charge in [-0.1, -0.05) is 25.7 Å². The van der Waals surface area contributed by atoms with Crippen LogP contribution in [0.1, 0.15) is 32.1 Å². The topological polar surface area (TPSA) is 12.0 Å². The van der Waals surface area contributed by atoms with Crippen molar-refractivity contribution in [2.24, 2.45) is 0 Å². The second-order valence-electron chi connectivity index (χ2n) is 2.52. The Hall–Kier alpha value is -0.0400. The third-order valence-electron chi connectivity index (χ3n) is 1.71. The summed E-state index contributed by atoms with van der Waals surface area (Å²) in [5, 5.41) is 3.11. The van der Waals surface area contributed by atoms with E-state index in [2.05, 4.69) is 5.32 Å². The van der Waals surface area contributed by atoms with Crippen LogP contribution in [0.4, 0.5) is 0 Å². The van der Waals surface area contributed by atoms with Gasteiger partial charge in [0, 0.05) is 0 Å². The highest BCUT2D eigenvalue weighted by atomic mass is 14.9. The summed E-state index contributed by atoms with van der Waals surface area (Å²) in [5.74, 6) is 0. The molecule has 2 aliphatic rings. The minimum Gasteiger partial charge on any atom is -0.317 e. The predicted molar refractivity (Wildman–Crippen MR) is 36.0 cm³/mol. The maximum atomic E-state index is 3.11. The van der Waals surface area contributed by atoms with Crippen LogP contribution in [-0.4, -0.2) is 13.1 Å². The molecule has 0 aromatic carbocycles. The zero-order chi connectivity index (χ0) is 5.66. The minimum absolute atomic E-state index is 1.25. The van der Waals surface area contributed by atoms with E-state index in [0.717, 1.165) is 0 Å². The molecule has 1 saturated carbocycles. The molecule has 1 heteroatoms. The Morgan fingerprint density at radius 3 is 0.875 bits per heavy atom. The van der Waals surface area contributed by atoms with Gasteiger partial charge in [-0.05, 0) is 19.5 Å². The van der Waals surface area contributed by atoms with Gasteiger partial charge in [-0.3, -0.25) is 0 Å². The molecule has 1 N–H and O–H groups in total. The Kier molecular flexibility index (Phi) is 2.97. The van der Waals surface area contributed by atoms with Gasteiger partial charge in [-0.25, -0.2) is 0 Å². The quantitative estimate of drug-likeness (QED) is 0.502. The Morgan fingerprint density at radius 1 is 0.625 bits per heavy atom. The van der Waals surface area contributed by atoms with Crippen molar-refractivity contribution in [1.29, 1.82) is 0 Å². The minimum atomic E-state index is 1.25. The highest BCUT2D eigenvalue weighted by Gasteiger charge is 1.95. The normalized spacial score (nSPS) is 24.0. The summed E-state index contributed by atoms with van der Waals surface area (Å²) >= 11 is 0. The molecule has 0 bridgehead atoms.